The van der Waals surface area contributed by atoms with Crippen LogP contribution in [0.25, 0.3) is 5.65 Å². The zero-order chi connectivity index (χ0) is 20.4. The molecule has 1 aliphatic rings. The van der Waals surface area contributed by atoms with Crippen molar-refractivity contribution in [3.63, 3.8) is 0 Å². The van der Waals surface area contributed by atoms with E-state index < -0.39 is 0 Å². The van der Waals surface area contributed by atoms with Gasteiger partial charge in [0.2, 0.25) is 5.91 Å². The van der Waals surface area contributed by atoms with E-state index in [1.807, 2.05) is 13.8 Å². The van der Waals surface area contributed by atoms with Gasteiger partial charge in [-0.1, -0.05) is 13.8 Å². The third-order valence-electron chi connectivity index (χ3n) is 4.71. The molecule has 1 saturated heterocycles. The highest BCUT2D eigenvalue weighted by Gasteiger charge is 2.21. The Kier molecular flexibility index (Phi) is 5.26. The van der Waals surface area contributed by atoms with Crippen molar-refractivity contribution in [2.75, 3.05) is 18.4 Å². The van der Waals surface area contributed by atoms with Gasteiger partial charge >= 0.3 is 0 Å². The number of anilines is 1. The maximum Gasteiger partial charge on any atom is 0.270 e. The highest BCUT2D eigenvalue weighted by Crippen LogP contribution is 2.24. The molecule has 3 aromatic rings. The fourth-order valence-corrected chi connectivity index (χ4v) is 3.24. The molecule has 1 fully saturated rings. The van der Waals surface area contributed by atoms with Crippen LogP contribution >= 0.6 is 0 Å². The van der Waals surface area contributed by atoms with Gasteiger partial charge < -0.3 is 15.4 Å². The van der Waals surface area contributed by atoms with Gasteiger partial charge in [0, 0.05) is 24.7 Å². The second kappa shape index (κ2) is 8.00. The largest absolute Gasteiger partial charge is 0.487 e. The monoisotopic (exact) mass is 397 g/mol. The Morgan fingerprint density at radius 3 is 3.03 bits per heavy atom. The second-order valence-corrected chi connectivity index (χ2v) is 7.34. The molecule has 1 unspecified atom stereocenters. The van der Waals surface area contributed by atoms with E-state index in [9.17, 15) is 9.59 Å². The Balaban J connectivity index is 1.51. The molecule has 0 aliphatic carbocycles. The molecule has 4 rings (SSSR count). The number of amides is 1. The Morgan fingerprint density at radius 1 is 1.41 bits per heavy atom. The lowest BCUT2D eigenvalue weighted by atomic mass is 10.1. The summed E-state index contributed by atoms with van der Waals surface area (Å²) in [5, 5.41) is 18.1. The van der Waals surface area contributed by atoms with Crippen molar-refractivity contribution in [3.8, 4) is 5.75 Å². The van der Waals surface area contributed by atoms with Crippen LogP contribution in [0, 0.1) is 0 Å². The van der Waals surface area contributed by atoms with Crippen LogP contribution in [0.4, 0.5) is 5.69 Å². The summed E-state index contributed by atoms with van der Waals surface area (Å²) in [5.41, 5.74) is 1.54. The van der Waals surface area contributed by atoms with Crippen LogP contribution in [0.5, 0.6) is 5.75 Å². The molecule has 0 aromatic carbocycles. The maximum atomic E-state index is 12.5. The lowest BCUT2D eigenvalue weighted by molar-refractivity contribution is -0.117. The van der Waals surface area contributed by atoms with Crippen molar-refractivity contribution in [1.29, 1.82) is 0 Å². The zero-order valence-electron chi connectivity index (χ0n) is 16.3. The van der Waals surface area contributed by atoms with Crippen LogP contribution in [-0.2, 0) is 11.3 Å². The number of carbonyl (C=O) groups is 1. The number of fused-ring (bicyclic) bond motifs is 1. The first-order valence-corrected chi connectivity index (χ1v) is 9.58. The third kappa shape index (κ3) is 4.27. The van der Waals surface area contributed by atoms with E-state index in [0.717, 1.165) is 19.5 Å². The fourth-order valence-electron chi connectivity index (χ4n) is 3.24. The Hall–Kier alpha value is -3.27. The maximum absolute atomic E-state index is 12.5. The third-order valence-corrected chi connectivity index (χ3v) is 4.71. The summed E-state index contributed by atoms with van der Waals surface area (Å²) in [6.45, 7) is 5.41. The van der Waals surface area contributed by atoms with Crippen molar-refractivity contribution < 1.29 is 9.53 Å². The molecule has 0 bridgehead atoms. The highest BCUT2D eigenvalue weighted by atomic mass is 16.5. The van der Waals surface area contributed by atoms with E-state index in [1.165, 1.54) is 10.7 Å². The minimum absolute atomic E-state index is 0.0282. The van der Waals surface area contributed by atoms with Gasteiger partial charge in [0.25, 0.3) is 5.56 Å². The van der Waals surface area contributed by atoms with Gasteiger partial charge in [-0.2, -0.15) is 5.10 Å². The minimum atomic E-state index is -0.375. The van der Waals surface area contributed by atoms with Crippen LogP contribution in [-0.4, -0.2) is 49.5 Å². The molecule has 29 heavy (non-hydrogen) atoms. The van der Waals surface area contributed by atoms with E-state index in [4.69, 9.17) is 4.74 Å². The van der Waals surface area contributed by atoms with E-state index in [1.54, 1.807) is 29.1 Å². The van der Waals surface area contributed by atoms with Gasteiger partial charge in [0.05, 0.1) is 5.69 Å². The van der Waals surface area contributed by atoms with Crippen molar-refractivity contribution in [2.24, 2.45) is 0 Å². The average Bonchev–Trinajstić information content (AvgIpc) is 3.34. The molecule has 2 N–H and O–H groups in total. The molecule has 10 nitrogen and oxygen atoms in total. The van der Waals surface area contributed by atoms with Crippen LogP contribution in [0.1, 0.15) is 31.9 Å². The molecular formula is C19H23N7O3. The molecule has 3 aromatic heterocycles. The molecule has 1 amide bonds. The fraction of sp³-hybridized carbons (Fsp3) is 0.421. The summed E-state index contributed by atoms with van der Waals surface area (Å²) in [6.07, 6.45) is 4.17. The number of pyridine rings is 1. The molecule has 1 atom stereocenters. The first kappa shape index (κ1) is 19.1. The second-order valence-electron chi connectivity index (χ2n) is 7.34. The van der Waals surface area contributed by atoms with Crippen molar-refractivity contribution >= 4 is 17.2 Å². The van der Waals surface area contributed by atoms with Crippen LogP contribution in [0.15, 0.2) is 35.5 Å². The Morgan fingerprint density at radius 2 is 2.28 bits per heavy atom. The number of ether oxygens (including phenoxy) is 1. The number of aromatic nitrogens is 5. The predicted octanol–water partition coefficient (Wildman–Crippen LogP) is 0.789. The standard InChI is InChI=1S/C19H23N7O3/c1-12(2)19-15(29-14-5-6-20-8-14)7-18(28)26(24-19)10-17(27)22-13-3-4-16-23-21-11-25(16)9-13/h3-4,7,9,11-12,14,20H,5-6,8,10H2,1-2H3,(H,22,27). The van der Waals surface area contributed by atoms with Crippen LogP contribution in [0.3, 0.4) is 0 Å². The Bertz CT molecular complexity index is 1080. The first-order chi connectivity index (χ1) is 14.0. The normalized spacial score (nSPS) is 16.4. The van der Waals surface area contributed by atoms with Gasteiger partial charge in [-0.25, -0.2) is 4.68 Å². The van der Waals surface area contributed by atoms with Gasteiger partial charge in [-0.05, 0) is 25.1 Å². The predicted molar refractivity (Wildman–Crippen MR) is 106 cm³/mol. The van der Waals surface area contributed by atoms with Gasteiger partial charge in [-0.15, -0.1) is 10.2 Å². The molecule has 0 spiro atoms. The minimum Gasteiger partial charge on any atom is -0.487 e. The summed E-state index contributed by atoms with van der Waals surface area (Å²) in [5.74, 6) is 0.189. The molecule has 152 valence electrons. The summed E-state index contributed by atoms with van der Waals surface area (Å²) < 4.78 is 8.85. The number of rotatable bonds is 6. The smallest absolute Gasteiger partial charge is 0.270 e. The van der Waals surface area contributed by atoms with Crippen LogP contribution in [0.2, 0.25) is 0 Å². The number of hydrogen-bond acceptors (Lipinski definition) is 7. The van der Waals surface area contributed by atoms with Crippen molar-refractivity contribution in [3.05, 3.63) is 46.8 Å². The van der Waals surface area contributed by atoms with Gasteiger partial charge in [-0.3, -0.25) is 14.0 Å². The number of nitrogens with one attached hydrogen (secondary N) is 2. The molecule has 4 heterocycles. The van der Waals surface area contributed by atoms with Crippen LogP contribution < -0.4 is 20.9 Å². The summed E-state index contributed by atoms with van der Waals surface area (Å²) in [4.78, 5) is 25.0. The van der Waals surface area contributed by atoms with E-state index >= 15 is 0 Å². The van der Waals surface area contributed by atoms with Crippen molar-refractivity contribution in [2.45, 2.75) is 38.8 Å². The van der Waals surface area contributed by atoms with Gasteiger partial charge in [0.15, 0.2) is 5.65 Å². The molecule has 0 saturated carbocycles. The lowest BCUT2D eigenvalue weighted by Gasteiger charge is -2.18. The SMILES string of the molecule is CC(C)c1nn(CC(=O)Nc2ccc3nncn3c2)c(=O)cc1OC1CCNC1. The number of carbonyl (C=O) groups excluding carboxylic acids is 1. The molecule has 1 aliphatic heterocycles. The van der Waals surface area contributed by atoms with Crippen molar-refractivity contribution in [1.82, 2.24) is 29.7 Å². The number of nitrogens with zero attached hydrogens (tertiary/aromatic N) is 5. The number of hydrogen-bond donors (Lipinski definition) is 2. The topological polar surface area (TPSA) is 115 Å². The Labute approximate surface area is 166 Å². The molecule has 0 radical (unpaired) electrons. The summed E-state index contributed by atoms with van der Waals surface area (Å²) in [6, 6.07) is 4.90. The first-order valence-electron chi connectivity index (χ1n) is 9.58. The summed E-state index contributed by atoms with van der Waals surface area (Å²) in [7, 11) is 0. The molecule has 10 heteroatoms. The van der Waals surface area contributed by atoms with E-state index in [-0.39, 0.29) is 30.0 Å². The molecular weight excluding hydrogens is 374 g/mol. The van der Waals surface area contributed by atoms with E-state index in [0.29, 0.717) is 22.8 Å². The van der Waals surface area contributed by atoms with Gasteiger partial charge in [0.1, 0.15) is 30.4 Å². The zero-order valence-corrected chi connectivity index (χ0v) is 16.3. The summed E-state index contributed by atoms with van der Waals surface area (Å²) >= 11 is 0. The van der Waals surface area contributed by atoms with E-state index in [2.05, 4.69) is 25.9 Å². The lowest BCUT2D eigenvalue weighted by Crippen LogP contribution is -2.31. The highest BCUT2D eigenvalue weighted by molar-refractivity contribution is 5.90. The quantitative estimate of drug-likeness (QED) is 0.632. The average molecular weight is 397 g/mol.